The minimum absolute atomic E-state index is 0.303. The number of carbonyl (C=O) groups is 1. The van der Waals surface area contributed by atoms with Gasteiger partial charge in [0.25, 0.3) is 5.91 Å². The third kappa shape index (κ3) is 5.11. The zero-order valence-electron chi connectivity index (χ0n) is 13.6. The number of nitrogens with one attached hydrogen (secondary N) is 1. The second-order valence-corrected chi connectivity index (χ2v) is 7.35. The van der Waals surface area contributed by atoms with Crippen molar-refractivity contribution in [2.75, 3.05) is 31.6 Å². The SMILES string of the molecule is CCN(CC)CCOc1ccccc1NC(=O)c1cc(Cl)sc1Cl. The van der Waals surface area contributed by atoms with Gasteiger partial charge in [-0.3, -0.25) is 4.79 Å². The molecule has 130 valence electrons. The molecule has 2 rings (SSSR count). The van der Waals surface area contributed by atoms with Crippen LogP contribution in [0.15, 0.2) is 30.3 Å². The molecule has 7 heteroatoms. The van der Waals surface area contributed by atoms with Gasteiger partial charge >= 0.3 is 0 Å². The number of benzene rings is 1. The number of thiophene rings is 1. The predicted molar refractivity (Wildman–Crippen MR) is 102 cm³/mol. The van der Waals surface area contributed by atoms with Crippen LogP contribution < -0.4 is 10.1 Å². The van der Waals surface area contributed by atoms with Gasteiger partial charge in [-0.1, -0.05) is 49.2 Å². The highest BCUT2D eigenvalue weighted by atomic mass is 35.5. The molecule has 1 aromatic heterocycles. The Morgan fingerprint density at radius 2 is 1.96 bits per heavy atom. The summed E-state index contributed by atoms with van der Waals surface area (Å²) < 4.78 is 6.68. The van der Waals surface area contributed by atoms with Crippen LogP contribution >= 0.6 is 34.5 Å². The second-order valence-electron chi connectivity index (χ2n) is 5.06. The molecule has 0 atom stereocenters. The van der Waals surface area contributed by atoms with E-state index in [0.717, 1.165) is 19.6 Å². The number of hydrogen-bond donors (Lipinski definition) is 1. The van der Waals surface area contributed by atoms with Gasteiger partial charge in [0.1, 0.15) is 16.7 Å². The van der Waals surface area contributed by atoms with Gasteiger partial charge < -0.3 is 15.0 Å². The fraction of sp³-hybridized carbons (Fsp3) is 0.353. The highest BCUT2D eigenvalue weighted by Gasteiger charge is 2.16. The first kappa shape index (κ1) is 19.1. The standard InChI is InChI=1S/C17H20Cl2N2O2S/c1-3-21(4-2)9-10-23-14-8-6-5-7-13(14)20-17(22)12-11-15(18)24-16(12)19/h5-8,11H,3-4,9-10H2,1-2H3,(H,20,22). The Kier molecular flexibility index (Phi) is 7.37. The number of halogens is 2. The Morgan fingerprint density at radius 3 is 2.58 bits per heavy atom. The summed E-state index contributed by atoms with van der Waals surface area (Å²) in [6.07, 6.45) is 0. The number of rotatable bonds is 8. The third-order valence-electron chi connectivity index (χ3n) is 3.60. The van der Waals surface area contributed by atoms with Crippen LogP contribution in [0.1, 0.15) is 24.2 Å². The van der Waals surface area contributed by atoms with E-state index in [1.807, 2.05) is 18.2 Å². The molecule has 24 heavy (non-hydrogen) atoms. The van der Waals surface area contributed by atoms with Crippen molar-refractivity contribution in [3.05, 3.63) is 44.6 Å². The monoisotopic (exact) mass is 386 g/mol. The summed E-state index contributed by atoms with van der Waals surface area (Å²) in [4.78, 5) is 14.6. The van der Waals surface area contributed by atoms with Crippen molar-refractivity contribution >= 4 is 46.1 Å². The zero-order chi connectivity index (χ0) is 17.5. The minimum atomic E-state index is -0.303. The van der Waals surface area contributed by atoms with Crippen molar-refractivity contribution in [2.45, 2.75) is 13.8 Å². The number of carbonyl (C=O) groups excluding carboxylic acids is 1. The van der Waals surface area contributed by atoms with Crippen molar-refractivity contribution in [1.82, 2.24) is 4.90 Å². The molecule has 1 N–H and O–H groups in total. The molecule has 0 radical (unpaired) electrons. The molecule has 0 bridgehead atoms. The quantitative estimate of drug-likeness (QED) is 0.691. The molecule has 1 aromatic carbocycles. The third-order valence-corrected chi connectivity index (χ3v) is 5.08. The van der Waals surface area contributed by atoms with Gasteiger partial charge in [0.2, 0.25) is 0 Å². The number of amides is 1. The number of anilines is 1. The van der Waals surface area contributed by atoms with Crippen LogP contribution in [-0.4, -0.2) is 37.0 Å². The lowest BCUT2D eigenvalue weighted by Gasteiger charge is -2.19. The Balaban J connectivity index is 2.03. The summed E-state index contributed by atoms with van der Waals surface area (Å²) in [5.41, 5.74) is 0.977. The maximum atomic E-state index is 12.4. The molecule has 1 amide bonds. The van der Waals surface area contributed by atoms with Gasteiger partial charge in [0, 0.05) is 6.54 Å². The maximum absolute atomic E-state index is 12.4. The Morgan fingerprint density at radius 1 is 1.25 bits per heavy atom. The topological polar surface area (TPSA) is 41.6 Å². The van der Waals surface area contributed by atoms with Gasteiger partial charge in [-0.2, -0.15) is 0 Å². The van der Waals surface area contributed by atoms with Gasteiger partial charge in [-0.15, -0.1) is 11.3 Å². The van der Waals surface area contributed by atoms with E-state index in [4.69, 9.17) is 27.9 Å². The maximum Gasteiger partial charge on any atom is 0.258 e. The highest BCUT2D eigenvalue weighted by molar-refractivity contribution is 7.20. The molecule has 1 heterocycles. The summed E-state index contributed by atoms with van der Waals surface area (Å²) in [7, 11) is 0. The lowest BCUT2D eigenvalue weighted by atomic mass is 10.2. The first-order chi connectivity index (χ1) is 11.5. The molecule has 0 aliphatic carbocycles. The molecule has 2 aromatic rings. The summed E-state index contributed by atoms with van der Waals surface area (Å²) in [6, 6.07) is 8.91. The lowest BCUT2D eigenvalue weighted by Crippen LogP contribution is -2.28. The first-order valence-corrected chi connectivity index (χ1v) is 9.32. The van der Waals surface area contributed by atoms with Crippen molar-refractivity contribution in [3.8, 4) is 5.75 Å². The smallest absolute Gasteiger partial charge is 0.258 e. The van der Waals surface area contributed by atoms with Crippen LogP contribution in [0.2, 0.25) is 8.67 Å². The molecule has 0 fully saturated rings. The second kappa shape index (κ2) is 9.28. The van der Waals surface area contributed by atoms with Gasteiger partial charge in [-0.05, 0) is 31.3 Å². The van der Waals surface area contributed by atoms with Gasteiger partial charge in [-0.25, -0.2) is 0 Å². The molecule has 0 saturated carbocycles. The molecular weight excluding hydrogens is 367 g/mol. The van der Waals surface area contributed by atoms with E-state index in [2.05, 4.69) is 24.1 Å². The van der Waals surface area contributed by atoms with Gasteiger partial charge in [0.15, 0.2) is 0 Å². The number of para-hydroxylation sites is 2. The van der Waals surface area contributed by atoms with E-state index in [1.165, 1.54) is 11.3 Å². The molecule has 4 nitrogen and oxygen atoms in total. The Hall–Kier alpha value is -1.27. The van der Waals surface area contributed by atoms with Crippen LogP contribution in [0.5, 0.6) is 5.75 Å². The zero-order valence-corrected chi connectivity index (χ0v) is 16.0. The number of likely N-dealkylation sites (N-methyl/N-ethyl adjacent to an activating group) is 1. The average molecular weight is 387 g/mol. The van der Waals surface area contributed by atoms with Crippen molar-refractivity contribution < 1.29 is 9.53 Å². The van der Waals surface area contributed by atoms with Crippen molar-refractivity contribution in [1.29, 1.82) is 0 Å². The van der Waals surface area contributed by atoms with Crippen LogP contribution in [-0.2, 0) is 0 Å². The minimum Gasteiger partial charge on any atom is -0.490 e. The van der Waals surface area contributed by atoms with Crippen LogP contribution in [0, 0.1) is 0 Å². The number of ether oxygens (including phenoxy) is 1. The molecular formula is C17H20Cl2N2O2S. The summed E-state index contributed by atoms with van der Waals surface area (Å²) in [5.74, 6) is 0.332. The van der Waals surface area contributed by atoms with Crippen molar-refractivity contribution in [3.63, 3.8) is 0 Å². The summed E-state index contributed by atoms with van der Waals surface area (Å²) in [5, 5.41) is 2.83. The van der Waals surface area contributed by atoms with Crippen LogP contribution in [0.25, 0.3) is 0 Å². The molecule has 0 unspecified atom stereocenters. The molecule has 0 saturated heterocycles. The fourth-order valence-electron chi connectivity index (χ4n) is 2.21. The number of nitrogens with zero attached hydrogens (tertiary/aromatic N) is 1. The number of hydrogen-bond acceptors (Lipinski definition) is 4. The van der Waals surface area contributed by atoms with E-state index in [-0.39, 0.29) is 5.91 Å². The van der Waals surface area contributed by atoms with Crippen LogP contribution in [0.4, 0.5) is 5.69 Å². The van der Waals surface area contributed by atoms with E-state index in [9.17, 15) is 4.79 Å². The Labute approximate surface area is 156 Å². The first-order valence-electron chi connectivity index (χ1n) is 7.75. The predicted octanol–water partition coefficient (Wildman–Crippen LogP) is 5.03. The average Bonchev–Trinajstić information content (AvgIpc) is 2.91. The van der Waals surface area contributed by atoms with Crippen molar-refractivity contribution in [2.24, 2.45) is 0 Å². The fourth-order valence-corrected chi connectivity index (χ4v) is 3.66. The lowest BCUT2D eigenvalue weighted by molar-refractivity contribution is 0.102. The van der Waals surface area contributed by atoms with E-state index in [1.54, 1.807) is 12.1 Å². The summed E-state index contributed by atoms with van der Waals surface area (Å²) in [6.45, 7) is 7.59. The van der Waals surface area contributed by atoms with E-state index in [0.29, 0.717) is 32.3 Å². The molecule has 0 aliphatic heterocycles. The van der Waals surface area contributed by atoms with E-state index >= 15 is 0 Å². The molecule has 0 aliphatic rings. The normalized spacial score (nSPS) is 10.9. The van der Waals surface area contributed by atoms with E-state index < -0.39 is 0 Å². The largest absolute Gasteiger partial charge is 0.490 e. The highest BCUT2D eigenvalue weighted by Crippen LogP contribution is 2.32. The van der Waals surface area contributed by atoms with Gasteiger partial charge in [0.05, 0.1) is 15.6 Å². The molecule has 0 spiro atoms. The summed E-state index contributed by atoms with van der Waals surface area (Å²) >= 11 is 13.1. The van der Waals surface area contributed by atoms with Crippen LogP contribution in [0.3, 0.4) is 0 Å². The Bertz CT molecular complexity index is 687.